The molecule has 3 unspecified atom stereocenters. The van der Waals surface area contributed by atoms with Crippen molar-refractivity contribution in [2.24, 2.45) is 7.05 Å². The largest absolute Gasteiger partial charge is 0.477 e. The topological polar surface area (TPSA) is 148 Å². The number of hydrogen-bond acceptors (Lipinski definition) is 9. The van der Waals surface area contributed by atoms with E-state index in [-0.39, 0.29) is 11.6 Å². The summed E-state index contributed by atoms with van der Waals surface area (Å²) in [5.41, 5.74) is 1.85. The van der Waals surface area contributed by atoms with Crippen LogP contribution in [-0.4, -0.2) is 80.7 Å². The first-order chi connectivity index (χ1) is 16.1. The van der Waals surface area contributed by atoms with Gasteiger partial charge in [-0.3, -0.25) is 19.2 Å². The minimum Gasteiger partial charge on any atom is -0.477 e. The van der Waals surface area contributed by atoms with Crippen LogP contribution in [0, 0.1) is 13.8 Å². The molecule has 4 heterocycles. The van der Waals surface area contributed by atoms with Crippen LogP contribution in [0.15, 0.2) is 16.4 Å². The van der Waals surface area contributed by atoms with Gasteiger partial charge < -0.3 is 10.4 Å². The number of halogens is 1. The molecule has 2 amide bonds. The molecular formula is C19H23ClN8O4S2. The maximum absolute atomic E-state index is 13.1. The molecule has 0 aliphatic carbocycles. The minimum absolute atomic E-state index is 0.0424. The second-order valence-electron chi connectivity index (χ2n) is 7.88. The van der Waals surface area contributed by atoms with Crippen LogP contribution < -0.4 is 5.32 Å². The Morgan fingerprint density at radius 1 is 1.38 bits per heavy atom. The summed E-state index contributed by atoms with van der Waals surface area (Å²) in [6, 6.07) is -1.45. The normalized spacial score (nSPS) is 20.7. The smallest absolute Gasteiger partial charge is 0.352 e. The minimum atomic E-state index is -1.18. The molecule has 12 nitrogen and oxygen atoms in total. The van der Waals surface area contributed by atoms with E-state index in [1.54, 1.807) is 25.6 Å². The third kappa shape index (κ3) is 4.18. The Labute approximate surface area is 208 Å². The van der Waals surface area contributed by atoms with Gasteiger partial charge in [-0.05, 0) is 36.3 Å². The molecule has 0 aromatic carbocycles. The number of β-lactam (4-membered cyclic amide) rings is 1. The fourth-order valence-electron chi connectivity index (χ4n) is 3.95. The highest BCUT2D eigenvalue weighted by molar-refractivity contribution is 8.01. The zero-order valence-corrected chi connectivity index (χ0v) is 21.2. The standard InChI is InChI=1S/C19H23ClN8O4S2/c1-5-11(28-9(3)12(20)8(2)23-28)15(29)21-13-16(30)27-14(18(31)32)10(6-33-17(13)27)7-34-19-22-24-25-26(19)4/h11,13,17H,5-7H2,1-4H3,(H,21,29)(H,31,32). The number of thioether (sulfide) groups is 2. The first kappa shape index (κ1) is 24.5. The number of rotatable bonds is 8. The molecule has 182 valence electrons. The van der Waals surface area contributed by atoms with Crippen LogP contribution in [0.3, 0.4) is 0 Å². The van der Waals surface area contributed by atoms with Gasteiger partial charge in [-0.2, -0.15) is 5.10 Å². The number of carbonyl (C=O) groups is 3. The van der Waals surface area contributed by atoms with Crippen molar-refractivity contribution in [2.75, 3.05) is 11.5 Å². The summed E-state index contributed by atoms with van der Waals surface area (Å²) in [6.45, 7) is 5.39. The third-order valence-corrected chi connectivity index (χ3v) is 8.71. The van der Waals surface area contributed by atoms with Gasteiger partial charge in [-0.15, -0.1) is 16.9 Å². The van der Waals surface area contributed by atoms with Crippen LogP contribution >= 0.6 is 35.1 Å². The Kier molecular flexibility index (Phi) is 6.92. The lowest BCUT2D eigenvalue weighted by Gasteiger charge is -2.49. The number of aromatic nitrogens is 6. The fourth-order valence-corrected chi connectivity index (χ4v) is 6.41. The number of carbonyl (C=O) groups excluding carboxylic acids is 2. The highest BCUT2D eigenvalue weighted by Crippen LogP contribution is 2.41. The van der Waals surface area contributed by atoms with Crippen molar-refractivity contribution in [1.82, 2.24) is 40.2 Å². The van der Waals surface area contributed by atoms with Crippen molar-refractivity contribution in [3.63, 3.8) is 0 Å². The second kappa shape index (κ2) is 9.58. The number of fused-ring (bicyclic) bond motifs is 1. The van der Waals surface area contributed by atoms with Crippen LogP contribution in [0.4, 0.5) is 0 Å². The molecule has 0 bridgehead atoms. The number of hydrogen-bond donors (Lipinski definition) is 2. The van der Waals surface area contributed by atoms with Gasteiger partial charge in [0.15, 0.2) is 0 Å². The summed E-state index contributed by atoms with van der Waals surface area (Å²) in [6.07, 6.45) is 0.450. The highest BCUT2D eigenvalue weighted by Gasteiger charge is 2.54. The molecule has 1 saturated heterocycles. The molecule has 3 atom stereocenters. The zero-order valence-electron chi connectivity index (χ0n) is 18.9. The average Bonchev–Trinajstić information content (AvgIpc) is 3.33. The summed E-state index contributed by atoms with van der Waals surface area (Å²) in [4.78, 5) is 39.3. The number of aryl methyl sites for hydroxylation is 2. The van der Waals surface area contributed by atoms with Crippen molar-refractivity contribution in [2.45, 2.75) is 49.8 Å². The highest BCUT2D eigenvalue weighted by atomic mass is 35.5. The quantitative estimate of drug-likeness (QED) is 0.379. The van der Waals surface area contributed by atoms with Gasteiger partial charge >= 0.3 is 5.97 Å². The molecular weight excluding hydrogens is 504 g/mol. The van der Waals surface area contributed by atoms with Crippen molar-refractivity contribution in [1.29, 1.82) is 0 Å². The van der Waals surface area contributed by atoms with Crippen LogP contribution in [0.25, 0.3) is 0 Å². The number of tetrazole rings is 1. The molecule has 2 aliphatic rings. The maximum Gasteiger partial charge on any atom is 0.352 e. The molecule has 34 heavy (non-hydrogen) atoms. The lowest BCUT2D eigenvalue weighted by Crippen LogP contribution is -2.71. The van der Waals surface area contributed by atoms with Crippen molar-refractivity contribution >= 4 is 52.9 Å². The van der Waals surface area contributed by atoms with Crippen molar-refractivity contribution in [3.8, 4) is 0 Å². The predicted molar refractivity (Wildman–Crippen MR) is 125 cm³/mol. The van der Waals surface area contributed by atoms with Gasteiger partial charge in [-0.1, -0.05) is 30.3 Å². The predicted octanol–water partition coefficient (Wildman–Crippen LogP) is 1.16. The van der Waals surface area contributed by atoms with E-state index in [2.05, 4.69) is 25.9 Å². The molecule has 15 heteroatoms. The Balaban J connectivity index is 1.49. The van der Waals surface area contributed by atoms with E-state index >= 15 is 0 Å². The molecule has 2 aromatic heterocycles. The van der Waals surface area contributed by atoms with E-state index in [1.807, 2.05) is 6.92 Å². The molecule has 2 aromatic rings. The van der Waals surface area contributed by atoms with Gasteiger partial charge in [0.05, 0.1) is 16.4 Å². The van der Waals surface area contributed by atoms with Gasteiger partial charge in [0.1, 0.15) is 23.2 Å². The Hall–Kier alpha value is -2.58. The van der Waals surface area contributed by atoms with E-state index in [4.69, 9.17) is 11.6 Å². The van der Waals surface area contributed by atoms with E-state index < -0.39 is 29.3 Å². The second-order valence-corrected chi connectivity index (χ2v) is 10.3. The summed E-state index contributed by atoms with van der Waals surface area (Å²) >= 11 is 8.95. The SMILES string of the molecule is CCC(C(=O)NC1C(=O)N2C(C(=O)O)=C(CSc3nnnn3C)CSC12)n1nc(C)c(Cl)c1C. The molecule has 4 rings (SSSR count). The molecule has 0 spiro atoms. The lowest BCUT2D eigenvalue weighted by molar-refractivity contribution is -0.151. The van der Waals surface area contributed by atoms with Crippen LogP contribution in [0.1, 0.15) is 30.8 Å². The van der Waals surface area contributed by atoms with Gasteiger partial charge in [0, 0.05) is 18.6 Å². The van der Waals surface area contributed by atoms with E-state index in [0.29, 0.717) is 45.1 Å². The lowest BCUT2D eigenvalue weighted by atomic mass is 10.0. The number of nitrogens with zero attached hydrogens (tertiary/aromatic N) is 7. The van der Waals surface area contributed by atoms with E-state index in [0.717, 1.165) is 0 Å². The van der Waals surface area contributed by atoms with Crippen LogP contribution in [0.2, 0.25) is 5.02 Å². The van der Waals surface area contributed by atoms with Crippen LogP contribution in [-0.2, 0) is 21.4 Å². The monoisotopic (exact) mass is 526 g/mol. The number of nitrogens with one attached hydrogen (secondary N) is 1. The molecule has 0 saturated carbocycles. The first-order valence-corrected chi connectivity index (χ1v) is 12.8. The summed E-state index contributed by atoms with van der Waals surface area (Å²) in [7, 11) is 1.69. The van der Waals surface area contributed by atoms with E-state index in [1.165, 1.54) is 33.1 Å². The molecule has 0 radical (unpaired) electrons. The Morgan fingerprint density at radius 2 is 2.12 bits per heavy atom. The Bertz CT molecular complexity index is 1200. The molecule has 2 aliphatic heterocycles. The third-order valence-electron chi connectivity index (χ3n) is 5.73. The summed E-state index contributed by atoms with van der Waals surface area (Å²) in [5.74, 6) is -1.26. The van der Waals surface area contributed by atoms with Gasteiger partial charge in [0.25, 0.3) is 5.91 Å². The molecule has 2 N–H and O–H groups in total. The zero-order chi connectivity index (χ0) is 24.7. The van der Waals surface area contributed by atoms with E-state index in [9.17, 15) is 19.5 Å². The van der Waals surface area contributed by atoms with Crippen molar-refractivity contribution in [3.05, 3.63) is 27.7 Å². The number of amides is 2. The van der Waals surface area contributed by atoms with Gasteiger partial charge in [-0.25, -0.2) is 9.48 Å². The number of carboxylic acid groups (broad SMARTS) is 1. The number of carboxylic acids is 1. The Morgan fingerprint density at radius 3 is 2.68 bits per heavy atom. The van der Waals surface area contributed by atoms with Gasteiger partial charge in [0.2, 0.25) is 11.1 Å². The summed E-state index contributed by atoms with van der Waals surface area (Å²) < 4.78 is 3.06. The molecule has 1 fully saturated rings. The average molecular weight is 527 g/mol. The fraction of sp³-hybridized carbons (Fsp3) is 0.526. The number of aliphatic carboxylic acids is 1. The van der Waals surface area contributed by atoms with Crippen LogP contribution in [0.5, 0.6) is 0 Å². The first-order valence-electron chi connectivity index (χ1n) is 10.4. The maximum atomic E-state index is 13.1. The van der Waals surface area contributed by atoms with Crippen molar-refractivity contribution < 1.29 is 19.5 Å². The summed E-state index contributed by atoms with van der Waals surface area (Å²) in [5, 5.41) is 28.8.